The van der Waals surface area contributed by atoms with E-state index in [2.05, 4.69) is 5.32 Å². The van der Waals surface area contributed by atoms with Crippen LogP contribution in [0.2, 0.25) is 0 Å². The Hall–Kier alpha value is -1.45. The van der Waals surface area contributed by atoms with Gasteiger partial charge in [0, 0.05) is 12.6 Å². The zero-order chi connectivity index (χ0) is 18.8. The number of benzene rings is 1. The number of nitrogens with one attached hydrogen (secondary N) is 1. The smallest absolute Gasteiger partial charge is 0.243 e. The van der Waals surface area contributed by atoms with Gasteiger partial charge in [-0.1, -0.05) is 19.1 Å². The second-order valence-corrected chi connectivity index (χ2v) is 10.5. The maximum atomic E-state index is 12.9. The summed E-state index contributed by atoms with van der Waals surface area (Å²) in [6.45, 7) is 5.00. The van der Waals surface area contributed by atoms with Crippen LogP contribution in [-0.2, 0) is 24.7 Å². The molecule has 7 nitrogen and oxygen atoms in total. The number of carbonyl (C=O) groups excluding carboxylic acids is 1. The zero-order valence-electron chi connectivity index (χ0n) is 14.6. The minimum Gasteiger partial charge on any atom is -0.351 e. The van der Waals surface area contributed by atoms with Crippen molar-refractivity contribution in [3.8, 4) is 0 Å². The molecule has 140 valence electrons. The first-order chi connectivity index (χ1) is 11.5. The molecule has 1 aliphatic heterocycles. The van der Waals surface area contributed by atoms with Crippen LogP contribution in [0.1, 0.15) is 24.5 Å². The first-order valence-corrected chi connectivity index (χ1v) is 11.4. The van der Waals surface area contributed by atoms with E-state index in [1.807, 2.05) is 13.0 Å². The maximum Gasteiger partial charge on any atom is 0.243 e. The summed E-state index contributed by atoms with van der Waals surface area (Å²) in [6, 6.07) is 4.71. The molecule has 1 amide bonds. The molecule has 1 atom stereocenters. The molecule has 0 saturated carbocycles. The Balaban J connectivity index is 2.13. The van der Waals surface area contributed by atoms with Crippen LogP contribution in [0.4, 0.5) is 0 Å². The average Bonchev–Trinajstić information content (AvgIpc) is 2.85. The predicted molar refractivity (Wildman–Crippen MR) is 95.6 cm³/mol. The predicted octanol–water partition coefficient (Wildman–Crippen LogP) is 0.617. The third kappa shape index (κ3) is 4.80. The van der Waals surface area contributed by atoms with E-state index < -0.39 is 31.8 Å². The number of rotatable bonds is 6. The van der Waals surface area contributed by atoms with Gasteiger partial charge in [0.25, 0.3) is 0 Å². The van der Waals surface area contributed by atoms with Gasteiger partial charge in [-0.3, -0.25) is 4.79 Å². The van der Waals surface area contributed by atoms with Crippen molar-refractivity contribution in [2.75, 3.05) is 24.6 Å². The summed E-state index contributed by atoms with van der Waals surface area (Å²) < 4.78 is 49.7. The van der Waals surface area contributed by atoms with Crippen molar-refractivity contribution in [2.24, 2.45) is 0 Å². The zero-order valence-corrected chi connectivity index (χ0v) is 16.3. The molecular formula is C16H24N2O5S2. The van der Waals surface area contributed by atoms with Gasteiger partial charge in [0.15, 0.2) is 9.84 Å². The summed E-state index contributed by atoms with van der Waals surface area (Å²) in [5.74, 6) is -0.525. The van der Waals surface area contributed by atoms with Crippen molar-refractivity contribution in [3.63, 3.8) is 0 Å². The molecule has 1 aromatic carbocycles. The summed E-state index contributed by atoms with van der Waals surface area (Å²) in [5, 5.41) is 2.62. The standard InChI is InChI=1S/C16H24N2O5S2/c1-4-18(10-16(19)17-14-7-8-24(20,21)11-14)25(22,23)15-9-12(2)5-6-13(15)3/h5-6,9,14H,4,7-8,10-11H2,1-3H3,(H,17,19)/t14-/m0/s1. The van der Waals surface area contributed by atoms with Crippen LogP contribution in [0, 0.1) is 13.8 Å². The van der Waals surface area contributed by atoms with Crippen LogP contribution >= 0.6 is 0 Å². The summed E-state index contributed by atoms with van der Waals surface area (Å²) in [6.07, 6.45) is 0.365. The molecule has 25 heavy (non-hydrogen) atoms. The van der Waals surface area contributed by atoms with E-state index in [4.69, 9.17) is 0 Å². The fourth-order valence-corrected chi connectivity index (χ4v) is 6.22. The number of sulfone groups is 1. The lowest BCUT2D eigenvalue weighted by Crippen LogP contribution is -2.44. The molecule has 9 heteroatoms. The van der Waals surface area contributed by atoms with Gasteiger partial charge in [-0.15, -0.1) is 0 Å². The highest BCUT2D eigenvalue weighted by Crippen LogP contribution is 2.21. The van der Waals surface area contributed by atoms with E-state index in [9.17, 15) is 21.6 Å². The number of nitrogens with zero attached hydrogens (tertiary/aromatic N) is 1. The van der Waals surface area contributed by atoms with Crippen LogP contribution in [0.25, 0.3) is 0 Å². The molecule has 1 N–H and O–H groups in total. The first kappa shape index (κ1) is 19.9. The van der Waals surface area contributed by atoms with Crippen molar-refractivity contribution in [1.29, 1.82) is 0 Å². The third-order valence-corrected chi connectivity index (χ3v) is 8.06. The lowest BCUT2D eigenvalue weighted by atomic mass is 10.2. The van der Waals surface area contributed by atoms with Crippen molar-refractivity contribution in [3.05, 3.63) is 29.3 Å². The highest BCUT2D eigenvalue weighted by molar-refractivity contribution is 7.91. The van der Waals surface area contributed by atoms with Crippen LogP contribution in [-0.4, -0.2) is 57.7 Å². The Morgan fingerprint density at radius 3 is 2.56 bits per heavy atom. The van der Waals surface area contributed by atoms with Gasteiger partial charge < -0.3 is 5.32 Å². The van der Waals surface area contributed by atoms with Crippen molar-refractivity contribution in [1.82, 2.24) is 9.62 Å². The fraction of sp³-hybridized carbons (Fsp3) is 0.562. The van der Waals surface area contributed by atoms with Gasteiger partial charge in [0.1, 0.15) is 0 Å². The molecule has 0 spiro atoms. The molecule has 0 radical (unpaired) electrons. The summed E-state index contributed by atoms with van der Waals surface area (Å²) in [4.78, 5) is 12.4. The summed E-state index contributed by atoms with van der Waals surface area (Å²) in [5.41, 5.74) is 1.44. The van der Waals surface area contributed by atoms with Gasteiger partial charge >= 0.3 is 0 Å². The van der Waals surface area contributed by atoms with Crippen molar-refractivity contribution < 1.29 is 21.6 Å². The lowest BCUT2D eigenvalue weighted by Gasteiger charge is -2.22. The molecule has 1 aromatic rings. The SMILES string of the molecule is CCN(CC(=O)N[C@H]1CCS(=O)(=O)C1)S(=O)(=O)c1cc(C)ccc1C. The Labute approximate surface area is 149 Å². The first-order valence-electron chi connectivity index (χ1n) is 8.12. The van der Waals surface area contributed by atoms with E-state index in [0.29, 0.717) is 12.0 Å². The van der Waals surface area contributed by atoms with Crippen LogP contribution in [0.5, 0.6) is 0 Å². The van der Waals surface area contributed by atoms with E-state index in [1.165, 1.54) is 0 Å². The Morgan fingerprint density at radius 1 is 1.32 bits per heavy atom. The monoisotopic (exact) mass is 388 g/mol. The van der Waals surface area contributed by atoms with E-state index in [1.54, 1.807) is 26.0 Å². The molecule has 0 aromatic heterocycles. The number of sulfonamides is 1. The Kier molecular flexibility index (Phi) is 5.90. The average molecular weight is 389 g/mol. The molecule has 0 unspecified atom stereocenters. The molecular weight excluding hydrogens is 364 g/mol. The minimum atomic E-state index is -3.80. The Bertz CT molecular complexity index is 863. The summed E-state index contributed by atoms with van der Waals surface area (Å²) >= 11 is 0. The number of hydrogen-bond donors (Lipinski definition) is 1. The van der Waals surface area contributed by atoms with Gasteiger partial charge in [-0.2, -0.15) is 4.31 Å². The van der Waals surface area contributed by atoms with E-state index >= 15 is 0 Å². The van der Waals surface area contributed by atoms with Crippen LogP contribution < -0.4 is 5.32 Å². The van der Waals surface area contributed by atoms with Gasteiger partial charge in [0.05, 0.1) is 22.9 Å². The largest absolute Gasteiger partial charge is 0.351 e. The van der Waals surface area contributed by atoms with Gasteiger partial charge in [-0.25, -0.2) is 16.8 Å². The van der Waals surface area contributed by atoms with Gasteiger partial charge in [-0.05, 0) is 37.5 Å². The van der Waals surface area contributed by atoms with Crippen molar-refractivity contribution >= 4 is 25.8 Å². The fourth-order valence-electron chi connectivity index (χ4n) is 2.83. The lowest BCUT2D eigenvalue weighted by molar-refractivity contribution is -0.121. The third-order valence-electron chi connectivity index (χ3n) is 4.23. The minimum absolute atomic E-state index is 0.0518. The van der Waals surface area contributed by atoms with Gasteiger partial charge in [0.2, 0.25) is 15.9 Å². The van der Waals surface area contributed by atoms with E-state index in [-0.39, 0.29) is 29.5 Å². The maximum absolute atomic E-state index is 12.9. The topological polar surface area (TPSA) is 101 Å². The molecule has 1 fully saturated rings. The molecule has 1 saturated heterocycles. The number of likely N-dealkylation sites (N-methyl/N-ethyl adjacent to an activating group) is 1. The number of carbonyl (C=O) groups is 1. The number of amides is 1. The van der Waals surface area contributed by atoms with Crippen LogP contribution in [0.3, 0.4) is 0 Å². The number of hydrogen-bond acceptors (Lipinski definition) is 5. The quantitative estimate of drug-likeness (QED) is 0.770. The van der Waals surface area contributed by atoms with Crippen molar-refractivity contribution in [2.45, 2.75) is 38.1 Å². The number of aryl methyl sites for hydroxylation is 2. The highest BCUT2D eigenvalue weighted by Gasteiger charge is 2.31. The second kappa shape index (κ2) is 7.43. The van der Waals surface area contributed by atoms with E-state index in [0.717, 1.165) is 9.87 Å². The normalized spacial score (nSPS) is 19.9. The molecule has 1 aliphatic rings. The molecule has 0 bridgehead atoms. The van der Waals surface area contributed by atoms with Crippen LogP contribution in [0.15, 0.2) is 23.1 Å². The molecule has 0 aliphatic carbocycles. The highest BCUT2D eigenvalue weighted by atomic mass is 32.2. The molecule has 1 heterocycles. The molecule has 2 rings (SSSR count). The second-order valence-electron chi connectivity index (χ2n) is 6.37. The Morgan fingerprint density at radius 2 is 2.00 bits per heavy atom. The summed E-state index contributed by atoms with van der Waals surface area (Å²) in [7, 11) is -6.91.